The van der Waals surface area contributed by atoms with Gasteiger partial charge < -0.3 is 24.6 Å². The zero-order valence-electron chi connectivity index (χ0n) is 19.7. The fourth-order valence-electron chi connectivity index (χ4n) is 4.73. The van der Waals surface area contributed by atoms with Crippen molar-refractivity contribution in [2.75, 3.05) is 25.5 Å². The van der Waals surface area contributed by atoms with E-state index >= 15 is 0 Å². The van der Waals surface area contributed by atoms with Crippen LogP contribution in [0.4, 0.5) is 18.9 Å². The SMILES string of the molecule is C[C@H]1C[C@H]1C(=O)NCc1nc(-c2cc3c(NC4CCN(C)CC4)cccc3n2CC(F)(F)F)no1. The van der Waals surface area contributed by atoms with Crippen LogP contribution in [0.2, 0.25) is 0 Å². The third-order valence-electron chi connectivity index (χ3n) is 6.92. The van der Waals surface area contributed by atoms with E-state index in [2.05, 4.69) is 32.7 Å². The van der Waals surface area contributed by atoms with Crippen LogP contribution in [0.5, 0.6) is 0 Å². The van der Waals surface area contributed by atoms with Crippen LogP contribution < -0.4 is 10.6 Å². The second kappa shape index (κ2) is 9.18. The van der Waals surface area contributed by atoms with Crippen LogP contribution in [0.15, 0.2) is 28.8 Å². The van der Waals surface area contributed by atoms with Gasteiger partial charge in [0.15, 0.2) is 0 Å². The number of benzene rings is 1. The molecule has 5 rings (SSSR count). The third-order valence-corrected chi connectivity index (χ3v) is 6.92. The molecular weight excluding hydrogens is 461 g/mol. The van der Waals surface area contributed by atoms with Gasteiger partial charge in [0.1, 0.15) is 6.54 Å². The summed E-state index contributed by atoms with van der Waals surface area (Å²) < 4.78 is 47.0. The molecule has 188 valence electrons. The van der Waals surface area contributed by atoms with Crippen LogP contribution in [0, 0.1) is 11.8 Å². The van der Waals surface area contributed by atoms with Crippen molar-refractivity contribution in [3.05, 3.63) is 30.2 Å². The van der Waals surface area contributed by atoms with Crippen molar-refractivity contribution in [3.8, 4) is 11.5 Å². The molecule has 2 atom stereocenters. The first kappa shape index (κ1) is 23.7. The maximum absolute atomic E-state index is 13.5. The van der Waals surface area contributed by atoms with E-state index in [-0.39, 0.29) is 41.8 Å². The topological polar surface area (TPSA) is 88.2 Å². The number of nitrogens with one attached hydrogen (secondary N) is 2. The molecule has 2 aliphatic rings. The summed E-state index contributed by atoms with van der Waals surface area (Å²) >= 11 is 0. The molecule has 3 aromatic rings. The first-order valence-corrected chi connectivity index (χ1v) is 11.9. The van der Waals surface area contributed by atoms with Crippen LogP contribution >= 0.6 is 0 Å². The summed E-state index contributed by atoms with van der Waals surface area (Å²) in [5.74, 6) is 0.494. The van der Waals surface area contributed by atoms with E-state index in [4.69, 9.17) is 4.52 Å². The standard InChI is InChI=1S/C24H29F3N6O2/c1-14-10-16(14)23(34)28-12-21-30-22(31-35-21)20-11-17-18(29-15-6-8-32(2)9-7-15)4-3-5-19(17)33(20)13-24(25,26)27/h3-5,11,14-16,29H,6-10,12-13H2,1-2H3,(H,28,34)/t14-,16+/m0/s1. The molecule has 1 aliphatic heterocycles. The summed E-state index contributed by atoms with van der Waals surface area (Å²) in [6.07, 6.45) is -1.66. The number of rotatable bonds is 7. The van der Waals surface area contributed by atoms with Gasteiger partial charge in [-0.1, -0.05) is 18.1 Å². The molecule has 3 heterocycles. The first-order chi connectivity index (χ1) is 16.7. The Kier molecular flexibility index (Phi) is 6.20. The van der Waals surface area contributed by atoms with E-state index < -0.39 is 12.7 Å². The maximum atomic E-state index is 13.5. The van der Waals surface area contributed by atoms with Crippen LogP contribution in [-0.4, -0.2) is 57.9 Å². The number of alkyl halides is 3. The highest BCUT2D eigenvalue weighted by Gasteiger charge is 2.39. The van der Waals surface area contributed by atoms with E-state index in [0.717, 1.165) is 38.0 Å². The molecule has 2 fully saturated rings. The number of aromatic nitrogens is 3. The lowest BCUT2D eigenvalue weighted by Gasteiger charge is -2.30. The monoisotopic (exact) mass is 490 g/mol. The van der Waals surface area contributed by atoms with Crippen molar-refractivity contribution in [1.82, 2.24) is 24.9 Å². The van der Waals surface area contributed by atoms with E-state index in [1.54, 1.807) is 18.2 Å². The normalized spacial score (nSPS) is 21.4. The second-order valence-corrected chi connectivity index (χ2v) is 9.74. The highest BCUT2D eigenvalue weighted by Crippen LogP contribution is 2.38. The van der Waals surface area contributed by atoms with Crippen molar-refractivity contribution < 1.29 is 22.5 Å². The van der Waals surface area contributed by atoms with Gasteiger partial charge in [-0.15, -0.1) is 0 Å². The van der Waals surface area contributed by atoms with E-state index in [0.29, 0.717) is 16.8 Å². The number of amides is 1. The van der Waals surface area contributed by atoms with Gasteiger partial charge in [-0.3, -0.25) is 4.79 Å². The Balaban J connectivity index is 1.43. The first-order valence-electron chi connectivity index (χ1n) is 11.9. The minimum Gasteiger partial charge on any atom is -0.382 e. The lowest BCUT2D eigenvalue weighted by atomic mass is 10.0. The number of halogens is 3. The smallest absolute Gasteiger partial charge is 0.382 e. The molecule has 0 spiro atoms. The second-order valence-electron chi connectivity index (χ2n) is 9.74. The number of piperidine rings is 1. The van der Waals surface area contributed by atoms with Gasteiger partial charge in [0.05, 0.1) is 17.8 Å². The molecule has 0 radical (unpaired) electrons. The highest BCUT2D eigenvalue weighted by atomic mass is 19.4. The average Bonchev–Trinajstić information content (AvgIpc) is 3.20. The molecule has 0 bridgehead atoms. The Bertz CT molecular complexity index is 1210. The molecule has 11 heteroatoms. The quantitative estimate of drug-likeness (QED) is 0.520. The number of fused-ring (bicyclic) bond motifs is 1. The highest BCUT2D eigenvalue weighted by molar-refractivity contribution is 5.96. The summed E-state index contributed by atoms with van der Waals surface area (Å²) in [6.45, 7) is 2.80. The molecular formula is C24H29F3N6O2. The molecule has 2 aromatic heterocycles. The number of nitrogens with zero attached hydrogens (tertiary/aromatic N) is 4. The van der Waals surface area contributed by atoms with Gasteiger partial charge in [0.25, 0.3) is 0 Å². The largest absolute Gasteiger partial charge is 0.406 e. The maximum Gasteiger partial charge on any atom is 0.406 e. The predicted molar refractivity (Wildman–Crippen MR) is 125 cm³/mol. The Morgan fingerprint density at radius 1 is 1.26 bits per heavy atom. The van der Waals surface area contributed by atoms with Gasteiger partial charge >= 0.3 is 6.18 Å². The van der Waals surface area contributed by atoms with Crippen molar-refractivity contribution in [2.24, 2.45) is 11.8 Å². The van der Waals surface area contributed by atoms with E-state index in [1.807, 2.05) is 13.0 Å². The Morgan fingerprint density at radius 2 is 2.00 bits per heavy atom. The lowest BCUT2D eigenvalue weighted by molar-refractivity contribution is -0.139. The van der Waals surface area contributed by atoms with Gasteiger partial charge in [0, 0.05) is 23.0 Å². The summed E-state index contributed by atoms with van der Waals surface area (Å²) in [6, 6.07) is 7.24. The molecule has 1 saturated carbocycles. The van der Waals surface area contributed by atoms with Crippen LogP contribution in [0.3, 0.4) is 0 Å². The van der Waals surface area contributed by atoms with Crippen molar-refractivity contribution in [3.63, 3.8) is 0 Å². The average molecular weight is 491 g/mol. The molecule has 0 unspecified atom stereocenters. The zero-order chi connectivity index (χ0) is 24.7. The van der Waals surface area contributed by atoms with Crippen LogP contribution in [0.1, 0.15) is 32.1 Å². The summed E-state index contributed by atoms with van der Waals surface area (Å²) in [7, 11) is 2.08. The van der Waals surface area contributed by atoms with Gasteiger partial charge in [-0.25, -0.2) is 0 Å². The fourth-order valence-corrected chi connectivity index (χ4v) is 4.73. The predicted octanol–water partition coefficient (Wildman–Crippen LogP) is 4.03. The molecule has 1 aromatic carbocycles. The number of anilines is 1. The third kappa shape index (κ3) is 5.29. The van der Waals surface area contributed by atoms with Gasteiger partial charge in [-0.2, -0.15) is 18.2 Å². The van der Waals surface area contributed by atoms with Crippen molar-refractivity contribution in [2.45, 2.75) is 51.5 Å². The minimum atomic E-state index is -4.43. The number of hydrogen-bond donors (Lipinski definition) is 2. The van der Waals surface area contributed by atoms with Crippen molar-refractivity contribution >= 4 is 22.5 Å². The molecule has 1 saturated heterocycles. The van der Waals surface area contributed by atoms with Gasteiger partial charge in [0.2, 0.25) is 17.6 Å². The fraction of sp³-hybridized carbons (Fsp3) is 0.542. The van der Waals surface area contributed by atoms with Crippen molar-refractivity contribution in [1.29, 1.82) is 0 Å². The number of likely N-dealkylation sites (tertiary alicyclic amines) is 1. The molecule has 1 amide bonds. The van der Waals surface area contributed by atoms with Gasteiger partial charge in [-0.05, 0) is 63.5 Å². The Morgan fingerprint density at radius 3 is 2.69 bits per heavy atom. The summed E-state index contributed by atoms with van der Waals surface area (Å²) in [4.78, 5) is 18.6. The number of carbonyl (C=O) groups excluding carboxylic acids is 1. The summed E-state index contributed by atoms with van der Waals surface area (Å²) in [5.41, 5.74) is 1.44. The van der Waals surface area contributed by atoms with Crippen LogP contribution in [0.25, 0.3) is 22.4 Å². The molecule has 2 N–H and O–H groups in total. The minimum absolute atomic E-state index is 0.00203. The number of hydrogen-bond acceptors (Lipinski definition) is 6. The molecule has 1 aliphatic carbocycles. The lowest BCUT2D eigenvalue weighted by Crippen LogP contribution is -2.36. The van der Waals surface area contributed by atoms with E-state index in [1.165, 1.54) is 4.57 Å². The summed E-state index contributed by atoms with van der Waals surface area (Å²) in [5, 5.41) is 10.9. The zero-order valence-corrected chi connectivity index (χ0v) is 19.7. The Hall–Kier alpha value is -3.08. The van der Waals surface area contributed by atoms with E-state index in [9.17, 15) is 18.0 Å². The molecule has 8 nitrogen and oxygen atoms in total. The number of carbonyl (C=O) groups is 1. The Labute approximate surface area is 200 Å². The molecule has 35 heavy (non-hydrogen) atoms. The van der Waals surface area contributed by atoms with Crippen LogP contribution in [-0.2, 0) is 17.9 Å².